The number of carbonyl (C=O) groups excluding carboxylic acids is 1. The molecule has 2 aliphatic rings. The van der Waals surface area contributed by atoms with E-state index in [0.29, 0.717) is 10.0 Å². The molecule has 0 saturated heterocycles. The van der Waals surface area contributed by atoms with Crippen LogP contribution in [0.2, 0.25) is 0 Å². The molecule has 25 heavy (non-hydrogen) atoms. The lowest BCUT2D eigenvalue weighted by Gasteiger charge is -2.15. The fourth-order valence-electron chi connectivity index (χ4n) is 3.19. The predicted octanol–water partition coefficient (Wildman–Crippen LogP) is 7.07. The number of rotatable bonds is 3. The summed E-state index contributed by atoms with van der Waals surface area (Å²) in [4.78, 5) is 14.8. The third kappa shape index (κ3) is 11.1. The molecule has 1 aromatic rings. The maximum Gasteiger partial charge on any atom is 0.187 e. The van der Waals surface area contributed by atoms with Crippen molar-refractivity contribution in [3.8, 4) is 0 Å². The van der Waals surface area contributed by atoms with Gasteiger partial charge in [0.25, 0.3) is 0 Å². The van der Waals surface area contributed by atoms with E-state index < -0.39 is 0 Å². The first-order valence-corrected chi connectivity index (χ1v) is 10.7. The zero-order valence-electron chi connectivity index (χ0n) is 16.4. The number of hydrogen-bond donors (Lipinski definition) is 1. The number of thiazole rings is 1. The second-order valence-corrected chi connectivity index (χ2v) is 8.64. The van der Waals surface area contributed by atoms with E-state index in [1.165, 1.54) is 81.7 Å². The number of nitrogens with one attached hydrogen (secondary N) is 1. The van der Waals surface area contributed by atoms with Crippen LogP contribution >= 0.6 is 11.3 Å². The molecule has 0 unspecified atom stereocenters. The number of nitrogens with zero attached hydrogens (tertiary/aromatic N) is 1. The van der Waals surface area contributed by atoms with Gasteiger partial charge in [0.05, 0.1) is 11.1 Å². The van der Waals surface area contributed by atoms with E-state index in [2.05, 4.69) is 30.7 Å². The lowest BCUT2D eigenvalue weighted by atomic mass is 9.91. The van der Waals surface area contributed by atoms with Crippen LogP contribution in [0.15, 0.2) is 18.5 Å². The van der Waals surface area contributed by atoms with Gasteiger partial charge in [-0.3, -0.25) is 4.79 Å². The minimum atomic E-state index is 0.619. The van der Waals surface area contributed by atoms with Crippen LogP contribution in [0.3, 0.4) is 0 Å². The van der Waals surface area contributed by atoms with Crippen LogP contribution in [0.4, 0.5) is 5.13 Å². The van der Waals surface area contributed by atoms with E-state index in [9.17, 15) is 4.79 Å². The molecule has 2 saturated carbocycles. The van der Waals surface area contributed by atoms with Gasteiger partial charge in [0.2, 0.25) is 0 Å². The van der Waals surface area contributed by atoms with Crippen LogP contribution in [0.1, 0.15) is 94.7 Å². The molecule has 0 spiro atoms. The first-order chi connectivity index (χ1) is 12.0. The Labute approximate surface area is 158 Å². The standard InChI is InChI=1S/C7H8N2OS.2C7H14/c1-5(2)9-7-8-3-6(4-10)11-7;2*1-7-5-3-2-4-6-7/h3-4H,1H2,2H3,(H,8,9);2*7H,2-6H2,1H3. The van der Waals surface area contributed by atoms with Gasteiger partial charge in [0.1, 0.15) is 0 Å². The molecule has 142 valence electrons. The molecule has 4 heteroatoms. The average Bonchev–Trinajstić information content (AvgIpc) is 3.04. The quantitative estimate of drug-likeness (QED) is 0.583. The Hall–Kier alpha value is -1.16. The molecular formula is C21H36N2OS. The number of aldehydes is 1. The maximum absolute atomic E-state index is 10.2. The summed E-state index contributed by atoms with van der Waals surface area (Å²) in [5.74, 6) is 2.07. The summed E-state index contributed by atoms with van der Waals surface area (Å²) in [5.41, 5.74) is 0.816. The molecule has 1 N–H and O–H groups in total. The minimum absolute atomic E-state index is 0.619. The Morgan fingerprint density at radius 3 is 1.84 bits per heavy atom. The van der Waals surface area contributed by atoms with Gasteiger partial charge in [0.15, 0.2) is 11.4 Å². The Bertz CT molecular complexity index is 470. The van der Waals surface area contributed by atoms with Crippen molar-refractivity contribution in [1.82, 2.24) is 4.98 Å². The van der Waals surface area contributed by atoms with E-state index in [-0.39, 0.29) is 0 Å². The highest BCUT2D eigenvalue weighted by Gasteiger charge is 2.06. The lowest BCUT2D eigenvalue weighted by molar-refractivity contribution is 0.112. The third-order valence-corrected chi connectivity index (χ3v) is 5.59. The van der Waals surface area contributed by atoms with E-state index in [1.807, 2.05) is 6.92 Å². The van der Waals surface area contributed by atoms with Gasteiger partial charge in [-0.15, -0.1) is 0 Å². The fraction of sp³-hybridized carbons (Fsp3) is 0.714. The molecule has 0 aromatic carbocycles. The highest BCUT2D eigenvalue weighted by molar-refractivity contribution is 7.17. The molecule has 3 rings (SSSR count). The minimum Gasteiger partial charge on any atom is -0.336 e. The van der Waals surface area contributed by atoms with Crippen LogP contribution < -0.4 is 5.32 Å². The number of hydrogen-bond acceptors (Lipinski definition) is 4. The van der Waals surface area contributed by atoms with Gasteiger partial charge in [0, 0.05) is 5.70 Å². The van der Waals surface area contributed by atoms with E-state index in [4.69, 9.17) is 0 Å². The summed E-state index contributed by atoms with van der Waals surface area (Å²) in [5, 5.41) is 3.62. The normalized spacial score (nSPS) is 18.2. The van der Waals surface area contributed by atoms with Gasteiger partial charge in [-0.25, -0.2) is 4.98 Å². The first-order valence-electron chi connectivity index (χ1n) is 9.84. The Balaban J connectivity index is 0.000000195. The largest absolute Gasteiger partial charge is 0.336 e. The van der Waals surface area contributed by atoms with Crippen LogP contribution in [-0.4, -0.2) is 11.3 Å². The summed E-state index contributed by atoms with van der Waals surface area (Å²) in [6.07, 6.45) is 17.2. The number of carbonyl (C=O) groups is 1. The molecule has 0 atom stereocenters. The average molecular weight is 365 g/mol. The van der Waals surface area contributed by atoms with Crippen molar-refractivity contribution in [3.63, 3.8) is 0 Å². The molecule has 0 radical (unpaired) electrons. The van der Waals surface area contributed by atoms with Crippen LogP contribution in [-0.2, 0) is 0 Å². The van der Waals surface area contributed by atoms with Crippen LogP contribution in [0.25, 0.3) is 0 Å². The van der Waals surface area contributed by atoms with Gasteiger partial charge in [-0.05, 0) is 18.8 Å². The second-order valence-electron chi connectivity index (χ2n) is 7.58. The smallest absolute Gasteiger partial charge is 0.187 e. The summed E-state index contributed by atoms with van der Waals surface area (Å²) in [7, 11) is 0. The van der Waals surface area contributed by atoms with Crippen molar-refractivity contribution >= 4 is 22.8 Å². The molecule has 0 bridgehead atoms. The van der Waals surface area contributed by atoms with Crippen molar-refractivity contribution in [1.29, 1.82) is 0 Å². The van der Waals surface area contributed by atoms with Crippen molar-refractivity contribution in [2.24, 2.45) is 11.8 Å². The summed E-state index contributed by atoms with van der Waals surface area (Å²) in [6.45, 7) is 10.2. The predicted molar refractivity (Wildman–Crippen MR) is 110 cm³/mol. The van der Waals surface area contributed by atoms with Crippen molar-refractivity contribution in [3.05, 3.63) is 23.3 Å². The fourth-order valence-corrected chi connectivity index (χ4v) is 3.90. The highest BCUT2D eigenvalue weighted by atomic mass is 32.1. The maximum atomic E-state index is 10.2. The molecule has 0 aliphatic heterocycles. The van der Waals surface area contributed by atoms with Gasteiger partial charge in [-0.2, -0.15) is 0 Å². The van der Waals surface area contributed by atoms with E-state index in [1.54, 1.807) is 0 Å². The van der Waals surface area contributed by atoms with Crippen LogP contribution in [0.5, 0.6) is 0 Å². The molecule has 0 amide bonds. The summed E-state index contributed by atoms with van der Waals surface area (Å²) < 4.78 is 0. The first kappa shape index (κ1) is 21.9. The van der Waals surface area contributed by atoms with Gasteiger partial charge < -0.3 is 5.32 Å². The molecule has 1 aromatic heterocycles. The van der Waals surface area contributed by atoms with Crippen molar-refractivity contribution in [2.45, 2.75) is 85.0 Å². The lowest BCUT2D eigenvalue weighted by Crippen LogP contribution is -1.99. The zero-order valence-corrected chi connectivity index (χ0v) is 17.2. The number of allylic oxidation sites excluding steroid dienone is 1. The SMILES string of the molecule is C=C(C)Nc1ncc(C=O)s1.CC1CCCCC1.CC1CCCCC1. The van der Waals surface area contributed by atoms with Gasteiger partial charge in [-0.1, -0.05) is 96.0 Å². The topological polar surface area (TPSA) is 42.0 Å². The molecular weight excluding hydrogens is 328 g/mol. The second kappa shape index (κ2) is 13.1. The van der Waals surface area contributed by atoms with E-state index >= 15 is 0 Å². The molecule has 3 nitrogen and oxygen atoms in total. The third-order valence-electron chi connectivity index (χ3n) is 4.75. The van der Waals surface area contributed by atoms with Crippen LogP contribution in [0, 0.1) is 11.8 Å². The highest BCUT2D eigenvalue weighted by Crippen LogP contribution is 2.22. The Morgan fingerprint density at radius 2 is 1.56 bits per heavy atom. The summed E-state index contributed by atoms with van der Waals surface area (Å²) >= 11 is 1.31. The molecule has 2 aliphatic carbocycles. The number of aromatic nitrogens is 1. The molecule has 1 heterocycles. The van der Waals surface area contributed by atoms with Crippen molar-refractivity contribution in [2.75, 3.05) is 5.32 Å². The monoisotopic (exact) mass is 364 g/mol. The Kier molecular flexibility index (Phi) is 11.5. The van der Waals surface area contributed by atoms with E-state index in [0.717, 1.165) is 23.8 Å². The molecule has 2 fully saturated rings. The summed E-state index contributed by atoms with van der Waals surface area (Å²) in [6, 6.07) is 0. The van der Waals surface area contributed by atoms with Gasteiger partial charge >= 0.3 is 0 Å². The number of anilines is 1. The zero-order chi connectivity index (χ0) is 18.5. The Morgan fingerprint density at radius 1 is 1.08 bits per heavy atom. The van der Waals surface area contributed by atoms with Crippen molar-refractivity contribution < 1.29 is 4.79 Å².